The summed E-state index contributed by atoms with van der Waals surface area (Å²) in [6, 6.07) is 5.51. The second kappa shape index (κ2) is 10.3. The van der Waals surface area contributed by atoms with Gasteiger partial charge in [-0.15, -0.1) is 11.3 Å². The first-order valence-corrected chi connectivity index (χ1v) is 10.6. The van der Waals surface area contributed by atoms with Crippen LogP contribution in [0.15, 0.2) is 35.4 Å². The number of nitrogens with zero attached hydrogens (tertiary/aromatic N) is 3. The lowest BCUT2D eigenvalue weighted by atomic mass is 10.1. The van der Waals surface area contributed by atoms with Crippen LogP contribution in [0, 0.1) is 0 Å². The Bertz CT molecular complexity index is 996. The van der Waals surface area contributed by atoms with Crippen molar-refractivity contribution in [1.82, 2.24) is 9.88 Å². The lowest BCUT2D eigenvalue weighted by Crippen LogP contribution is -2.33. The molecule has 0 saturated carbocycles. The minimum absolute atomic E-state index is 0.0600. The SMILES string of the molecule is CC.CCN(CC)CCN(C)c1ccc(C=O)c2sc3ccncc3c(=O)c12. The Morgan fingerprint density at radius 3 is 2.46 bits per heavy atom. The number of hydrogen-bond acceptors (Lipinski definition) is 6. The predicted molar refractivity (Wildman–Crippen MR) is 121 cm³/mol. The van der Waals surface area contributed by atoms with Crippen LogP contribution in [0.4, 0.5) is 5.69 Å². The summed E-state index contributed by atoms with van der Waals surface area (Å²) in [6.45, 7) is 12.0. The molecule has 0 unspecified atom stereocenters. The number of aromatic nitrogens is 1. The molecular formula is C22H29N3O2S. The Hall–Kier alpha value is -2.31. The Morgan fingerprint density at radius 1 is 1.11 bits per heavy atom. The van der Waals surface area contributed by atoms with E-state index in [-0.39, 0.29) is 5.43 Å². The first-order chi connectivity index (χ1) is 13.6. The van der Waals surface area contributed by atoms with E-state index in [1.165, 1.54) is 11.3 Å². The van der Waals surface area contributed by atoms with Gasteiger partial charge in [0.2, 0.25) is 0 Å². The van der Waals surface area contributed by atoms with Crippen LogP contribution in [0.1, 0.15) is 38.1 Å². The van der Waals surface area contributed by atoms with Gasteiger partial charge in [0, 0.05) is 48.5 Å². The molecular weight excluding hydrogens is 370 g/mol. The van der Waals surface area contributed by atoms with Crippen molar-refractivity contribution in [2.24, 2.45) is 0 Å². The molecule has 6 heteroatoms. The molecule has 0 fully saturated rings. The number of aldehydes is 1. The van der Waals surface area contributed by atoms with Gasteiger partial charge in [0.05, 0.1) is 15.5 Å². The summed E-state index contributed by atoms with van der Waals surface area (Å²) in [5.74, 6) is 0. The maximum absolute atomic E-state index is 13.1. The summed E-state index contributed by atoms with van der Waals surface area (Å²) >= 11 is 1.47. The zero-order chi connectivity index (χ0) is 20.7. The van der Waals surface area contributed by atoms with Crippen molar-refractivity contribution in [2.75, 3.05) is 38.1 Å². The maximum atomic E-state index is 13.1. The molecule has 3 aromatic rings. The van der Waals surface area contributed by atoms with Gasteiger partial charge in [0.15, 0.2) is 11.7 Å². The quantitative estimate of drug-likeness (QED) is 0.435. The summed E-state index contributed by atoms with van der Waals surface area (Å²) in [7, 11) is 2.00. The van der Waals surface area contributed by atoms with E-state index in [2.05, 4.69) is 28.6 Å². The van der Waals surface area contributed by atoms with Crippen LogP contribution >= 0.6 is 11.3 Å². The van der Waals surface area contributed by atoms with E-state index in [0.29, 0.717) is 16.3 Å². The van der Waals surface area contributed by atoms with Crippen molar-refractivity contribution in [3.63, 3.8) is 0 Å². The highest BCUT2D eigenvalue weighted by Gasteiger charge is 2.16. The van der Waals surface area contributed by atoms with Crippen LogP contribution in [-0.2, 0) is 0 Å². The molecule has 0 radical (unpaired) electrons. The van der Waals surface area contributed by atoms with Crippen molar-refractivity contribution >= 4 is 43.5 Å². The predicted octanol–water partition coefficient (Wildman–Crippen LogP) is 4.43. The fourth-order valence-corrected chi connectivity index (χ4v) is 4.30. The zero-order valence-electron chi connectivity index (χ0n) is 17.4. The summed E-state index contributed by atoms with van der Waals surface area (Å²) in [5.41, 5.74) is 1.36. The lowest BCUT2D eigenvalue weighted by Gasteiger charge is -2.25. The monoisotopic (exact) mass is 399 g/mol. The van der Waals surface area contributed by atoms with Gasteiger partial charge in [-0.2, -0.15) is 0 Å². The zero-order valence-corrected chi connectivity index (χ0v) is 18.2. The van der Waals surface area contributed by atoms with Gasteiger partial charge in [0.25, 0.3) is 0 Å². The molecule has 28 heavy (non-hydrogen) atoms. The van der Waals surface area contributed by atoms with E-state index in [0.717, 1.165) is 47.6 Å². The second-order valence-corrected chi connectivity index (χ2v) is 7.30. The highest BCUT2D eigenvalue weighted by atomic mass is 32.1. The molecule has 2 heterocycles. The fourth-order valence-electron chi connectivity index (χ4n) is 3.17. The second-order valence-electron chi connectivity index (χ2n) is 6.25. The van der Waals surface area contributed by atoms with E-state index in [4.69, 9.17) is 0 Å². The molecule has 3 rings (SSSR count). The van der Waals surface area contributed by atoms with E-state index in [1.54, 1.807) is 12.4 Å². The van der Waals surface area contributed by atoms with Crippen LogP contribution in [0.25, 0.3) is 20.2 Å². The Kier molecular flexibility index (Phi) is 8.08. The van der Waals surface area contributed by atoms with E-state index in [1.807, 2.05) is 39.1 Å². The van der Waals surface area contributed by atoms with Crippen LogP contribution in [-0.4, -0.2) is 49.4 Å². The van der Waals surface area contributed by atoms with Gasteiger partial charge in [0.1, 0.15) is 0 Å². The average molecular weight is 400 g/mol. The molecule has 0 N–H and O–H groups in total. The molecule has 0 aliphatic heterocycles. The van der Waals surface area contributed by atoms with Crippen LogP contribution in [0.2, 0.25) is 0 Å². The van der Waals surface area contributed by atoms with Crippen LogP contribution < -0.4 is 10.3 Å². The van der Waals surface area contributed by atoms with Crippen molar-refractivity contribution in [1.29, 1.82) is 0 Å². The summed E-state index contributed by atoms with van der Waals surface area (Å²) < 4.78 is 1.60. The van der Waals surface area contributed by atoms with E-state index in [9.17, 15) is 9.59 Å². The number of pyridine rings is 1. The van der Waals surface area contributed by atoms with Crippen molar-refractivity contribution in [2.45, 2.75) is 27.7 Å². The standard InChI is InChI=1S/C20H23N3O2S.C2H6/c1-4-23(5-2)11-10-22(3)16-7-6-14(13-24)20-18(16)19(25)15-12-21-9-8-17(15)26-20;1-2/h6-9,12-13H,4-5,10-11H2,1-3H3;1-2H3. The van der Waals surface area contributed by atoms with Crippen LogP contribution in [0.5, 0.6) is 0 Å². The Balaban J connectivity index is 0.00000136. The highest BCUT2D eigenvalue weighted by Crippen LogP contribution is 2.32. The topological polar surface area (TPSA) is 53.5 Å². The molecule has 150 valence electrons. The van der Waals surface area contributed by atoms with Gasteiger partial charge in [-0.1, -0.05) is 27.7 Å². The van der Waals surface area contributed by atoms with Crippen molar-refractivity contribution < 1.29 is 4.79 Å². The molecule has 0 spiro atoms. The van der Waals surface area contributed by atoms with Crippen molar-refractivity contribution in [3.8, 4) is 0 Å². The molecule has 0 aliphatic rings. The number of fused-ring (bicyclic) bond motifs is 2. The number of carbonyl (C=O) groups is 1. The number of hydrogen-bond donors (Lipinski definition) is 0. The van der Waals surface area contributed by atoms with Crippen LogP contribution in [0.3, 0.4) is 0 Å². The highest BCUT2D eigenvalue weighted by molar-refractivity contribution is 7.25. The number of rotatable bonds is 7. The Morgan fingerprint density at radius 2 is 1.82 bits per heavy atom. The first-order valence-electron chi connectivity index (χ1n) is 9.82. The molecule has 0 saturated heterocycles. The maximum Gasteiger partial charge on any atom is 0.199 e. The largest absolute Gasteiger partial charge is 0.373 e. The van der Waals surface area contributed by atoms with E-state index >= 15 is 0 Å². The number of carbonyl (C=O) groups excluding carboxylic acids is 1. The lowest BCUT2D eigenvalue weighted by molar-refractivity contribution is 0.112. The number of anilines is 1. The number of likely N-dealkylation sites (N-methyl/N-ethyl adjacent to an activating group) is 2. The molecule has 0 bridgehead atoms. The normalized spacial score (nSPS) is 10.8. The third kappa shape index (κ3) is 4.39. The molecule has 2 aromatic heterocycles. The molecule has 0 amide bonds. The summed E-state index contributed by atoms with van der Waals surface area (Å²) in [4.78, 5) is 33.2. The molecule has 1 aromatic carbocycles. The van der Waals surface area contributed by atoms with Gasteiger partial charge < -0.3 is 9.80 Å². The third-order valence-electron chi connectivity index (χ3n) is 4.82. The minimum Gasteiger partial charge on any atom is -0.373 e. The summed E-state index contributed by atoms with van der Waals surface area (Å²) in [6.07, 6.45) is 4.11. The van der Waals surface area contributed by atoms with E-state index < -0.39 is 0 Å². The first kappa shape index (κ1) is 22.0. The molecule has 5 nitrogen and oxygen atoms in total. The summed E-state index contributed by atoms with van der Waals surface area (Å²) in [5, 5.41) is 1.22. The molecule has 0 atom stereocenters. The van der Waals surface area contributed by atoms with Crippen molar-refractivity contribution in [3.05, 3.63) is 46.4 Å². The average Bonchev–Trinajstić information content (AvgIpc) is 2.75. The minimum atomic E-state index is -0.0600. The van der Waals surface area contributed by atoms with Gasteiger partial charge in [-0.05, 0) is 31.3 Å². The molecule has 0 aliphatic carbocycles. The number of benzene rings is 1. The third-order valence-corrected chi connectivity index (χ3v) is 6.04. The Labute approximate surface area is 170 Å². The van der Waals surface area contributed by atoms with Gasteiger partial charge in [-0.25, -0.2) is 0 Å². The van der Waals surface area contributed by atoms with Gasteiger partial charge >= 0.3 is 0 Å². The smallest absolute Gasteiger partial charge is 0.199 e. The fraction of sp³-hybridized carbons (Fsp3) is 0.409. The van der Waals surface area contributed by atoms with Gasteiger partial charge in [-0.3, -0.25) is 14.6 Å².